The van der Waals surface area contributed by atoms with Gasteiger partial charge in [0.25, 0.3) is 0 Å². The zero-order chi connectivity index (χ0) is 12.7. The molecule has 0 aliphatic heterocycles. The largest absolute Gasteiger partial charge is 0.341 e. The number of hydrogen-bond acceptors (Lipinski definition) is 2. The molecule has 0 saturated carbocycles. The van der Waals surface area contributed by atoms with E-state index in [9.17, 15) is 4.79 Å². The number of nitrogens with zero attached hydrogens (tertiary/aromatic N) is 1. The topological polar surface area (TPSA) is 46.3 Å². The first-order chi connectivity index (χ1) is 8.17. The van der Waals surface area contributed by atoms with Crippen molar-refractivity contribution in [2.75, 3.05) is 19.6 Å². The van der Waals surface area contributed by atoms with Gasteiger partial charge in [-0.05, 0) is 18.9 Å². The molecule has 3 heteroatoms. The van der Waals surface area contributed by atoms with E-state index in [2.05, 4.69) is 13.0 Å². The Balaban J connectivity index is 2.62. The first-order valence-electron chi connectivity index (χ1n) is 6.20. The van der Waals surface area contributed by atoms with E-state index in [1.165, 1.54) is 5.56 Å². The number of carbonyl (C=O) groups is 1. The number of benzene rings is 1. The summed E-state index contributed by atoms with van der Waals surface area (Å²) in [5, 5.41) is 0. The molecule has 1 aromatic rings. The van der Waals surface area contributed by atoms with E-state index in [0.717, 1.165) is 18.5 Å². The lowest BCUT2D eigenvalue weighted by Crippen LogP contribution is -2.36. The minimum atomic E-state index is 0.169. The van der Waals surface area contributed by atoms with Gasteiger partial charge >= 0.3 is 0 Å². The molecule has 0 radical (unpaired) electrons. The molecule has 0 aromatic heterocycles. The Kier molecular flexibility index (Phi) is 5.70. The van der Waals surface area contributed by atoms with Gasteiger partial charge in [0, 0.05) is 19.6 Å². The maximum Gasteiger partial charge on any atom is 0.227 e. The van der Waals surface area contributed by atoms with Crippen LogP contribution >= 0.6 is 0 Å². The number of amides is 1. The first kappa shape index (κ1) is 13.7. The van der Waals surface area contributed by atoms with Gasteiger partial charge in [0.15, 0.2) is 0 Å². The quantitative estimate of drug-likeness (QED) is 0.815. The lowest BCUT2D eigenvalue weighted by Gasteiger charge is -2.21. The summed E-state index contributed by atoms with van der Waals surface area (Å²) < 4.78 is 0. The minimum absolute atomic E-state index is 0.169. The van der Waals surface area contributed by atoms with Crippen molar-refractivity contribution in [2.45, 2.75) is 26.7 Å². The molecule has 0 fully saturated rings. The predicted octanol–water partition coefficient (Wildman–Crippen LogP) is 1.73. The molecule has 1 aromatic carbocycles. The third-order valence-corrected chi connectivity index (χ3v) is 2.68. The highest BCUT2D eigenvalue weighted by atomic mass is 16.2. The lowest BCUT2D eigenvalue weighted by atomic mass is 10.1. The summed E-state index contributed by atoms with van der Waals surface area (Å²) in [6, 6.07) is 8.09. The van der Waals surface area contributed by atoms with Crippen molar-refractivity contribution >= 4 is 5.91 Å². The van der Waals surface area contributed by atoms with E-state index in [1.807, 2.05) is 30.0 Å². The Morgan fingerprint density at radius 3 is 2.71 bits per heavy atom. The van der Waals surface area contributed by atoms with Gasteiger partial charge in [-0.1, -0.05) is 36.8 Å². The van der Waals surface area contributed by atoms with Crippen LogP contribution < -0.4 is 5.73 Å². The SMILES string of the molecule is CCCN(CCN)C(=O)Cc1cccc(C)c1. The molecule has 3 nitrogen and oxygen atoms in total. The average molecular weight is 234 g/mol. The van der Waals surface area contributed by atoms with Crippen molar-refractivity contribution in [1.29, 1.82) is 0 Å². The van der Waals surface area contributed by atoms with Crippen molar-refractivity contribution in [2.24, 2.45) is 5.73 Å². The fraction of sp³-hybridized carbons (Fsp3) is 0.500. The number of hydrogen-bond donors (Lipinski definition) is 1. The molecule has 2 N–H and O–H groups in total. The summed E-state index contributed by atoms with van der Waals surface area (Å²) in [6.07, 6.45) is 1.45. The number of rotatable bonds is 6. The van der Waals surface area contributed by atoms with Gasteiger partial charge in [-0.15, -0.1) is 0 Å². The highest BCUT2D eigenvalue weighted by molar-refractivity contribution is 5.78. The first-order valence-corrected chi connectivity index (χ1v) is 6.20. The monoisotopic (exact) mass is 234 g/mol. The Morgan fingerprint density at radius 2 is 2.12 bits per heavy atom. The second-order valence-corrected chi connectivity index (χ2v) is 4.34. The molecule has 0 atom stereocenters. The van der Waals surface area contributed by atoms with E-state index in [-0.39, 0.29) is 5.91 Å². The maximum atomic E-state index is 12.1. The van der Waals surface area contributed by atoms with Crippen LogP contribution in [0.1, 0.15) is 24.5 Å². The minimum Gasteiger partial charge on any atom is -0.341 e. The summed E-state index contributed by atoms with van der Waals surface area (Å²) in [6.45, 7) is 6.08. The van der Waals surface area contributed by atoms with Crippen LogP contribution in [0.4, 0.5) is 0 Å². The summed E-state index contributed by atoms with van der Waals surface area (Å²) in [5.41, 5.74) is 7.79. The molecule has 0 aliphatic rings. The van der Waals surface area contributed by atoms with Crippen LogP contribution in [-0.4, -0.2) is 30.4 Å². The van der Waals surface area contributed by atoms with Crippen LogP contribution in [0.2, 0.25) is 0 Å². The van der Waals surface area contributed by atoms with Crippen LogP contribution in [0.25, 0.3) is 0 Å². The fourth-order valence-corrected chi connectivity index (χ4v) is 1.90. The zero-order valence-electron chi connectivity index (χ0n) is 10.8. The molecule has 0 spiro atoms. The van der Waals surface area contributed by atoms with Gasteiger partial charge in [0.2, 0.25) is 5.91 Å². The van der Waals surface area contributed by atoms with E-state index in [4.69, 9.17) is 5.73 Å². The Morgan fingerprint density at radius 1 is 1.35 bits per heavy atom. The van der Waals surface area contributed by atoms with Crippen LogP contribution in [0.5, 0.6) is 0 Å². The molecule has 0 bridgehead atoms. The average Bonchev–Trinajstić information content (AvgIpc) is 2.28. The summed E-state index contributed by atoms with van der Waals surface area (Å²) in [4.78, 5) is 13.9. The van der Waals surface area contributed by atoms with Crippen molar-refractivity contribution < 1.29 is 4.79 Å². The molecule has 0 unspecified atom stereocenters. The highest BCUT2D eigenvalue weighted by Crippen LogP contribution is 2.06. The van der Waals surface area contributed by atoms with Gasteiger partial charge < -0.3 is 10.6 Å². The van der Waals surface area contributed by atoms with Crippen LogP contribution in [0.15, 0.2) is 24.3 Å². The third kappa shape index (κ3) is 4.57. The van der Waals surface area contributed by atoms with Crippen molar-refractivity contribution in [3.63, 3.8) is 0 Å². The van der Waals surface area contributed by atoms with E-state index in [1.54, 1.807) is 0 Å². The number of carbonyl (C=O) groups excluding carboxylic acids is 1. The second-order valence-electron chi connectivity index (χ2n) is 4.34. The maximum absolute atomic E-state index is 12.1. The van der Waals surface area contributed by atoms with Gasteiger partial charge in [0.1, 0.15) is 0 Å². The Bertz CT molecular complexity index is 357. The summed E-state index contributed by atoms with van der Waals surface area (Å²) in [7, 11) is 0. The zero-order valence-corrected chi connectivity index (χ0v) is 10.8. The molecule has 0 aliphatic carbocycles. The summed E-state index contributed by atoms with van der Waals surface area (Å²) in [5.74, 6) is 0.169. The van der Waals surface area contributed by atoms with Crippen LogP contribution in [-0.2, 0) is 11.2 Å². The molecule has 17 heavy (non-hydrogen) atoms. The van der Waals surface area contributed by atoms with Crippen LogP contribution in [0.3, 0.4) is 0 Å². The molecule has 0 heterocycles. The van der Waals surface area contributed by atoms with Gasteiger partial charge in [-0.2, -0.15) is 0 Å². The van der Waals surface area contributed by atoms with Crippen molar-refractivity contribution in [3.05, 3.63) is 35.4 Å². The lowest BCUT2D eigenvalue weighted by molar-refractivity contribution is -0.130. The van der Waals surface area contributed by atoms with Crippen molar-refractivity contribution in [1.82, 2.24) is 4.90 Å². The van der Waals surface area contributed by atoms with Crippen LogP contribution in [0, 0.1) is 6.92 Å². The van der Waals surface area contributed by atoms with E-state index < -0.39 is 0 Å². The molecule has 0 saturated heterocycles. The smallest absolute Gasteiger partial charge is 0.227 e. The normalized spacial score (nSPS) is 10.3. The number of nitrogens with two attached hydrogens (primary N) is 1. The Hall–Kier alpha value is -1.35. The van der Waals surface area contributed by atoms with Gasteiger partial charge in [-0.3, -0.25) is 4.79 Å². The van der Waals surface area contributed by atoms with Gasteiger partial charge in [-0.25, -0.2) is 0 Å². The van der Waals surface area contributed by atoms with Crippen molar-refractivity contribution in [3.8, 4) is 0 Å². The standard InChI is InChI=1S/C14H22N2O/c1-3-8-16(9-7-15)14(17)11-13-6-4-5-12(2)10-13/h4-6,10H,3,7-9,11,15H2,1-2H3. The fourth-order valence-electron chi connectivity index (χ4n) is 1.90. The third-order valence-electron chi connectivity index (χ3n) is 2.68. The molecule has 1 amide bonds. The molecular formula is C14H22N2O. The summed E-state index contributed by atoms with van der Waals surface area (Å²) >= 11 is 0. The van der Waals surface area contributed by atoms with E-state index in [0.29, 0.717) is 19.5 Å². The molecular weight excluding hydrogens is 212 g/mol. The van der Waals surface area contributed by atoms with Gasteiger partial charge in [0.05, 0.1) is 6.42 Å². The predicted molar refractivity (Wildman–Crippen MR) is 70.8 cm³/mol. The molecule has 94 valence electrons. The highest BCUT2D eigenvalue weighted by Gasteiger charge is 2.12. The Labute approximate surface area is 104 Å². The number of aryl methyl sites for hydroxylation is 1. The molecule has 1 rings (SSSR count). The van der Waals surface area contributed by atoms with E-state index >= 15 is 0 Å². The second kappa shape index (κ2) is 7.07.